The van der Waals surface area contributed by atoms with Crippen molar-refractivity contribution in [3.63, 3.8) is 0 Å². The molecule has 0 heterocycles. The molecular weight excluding hydrogens is 248 g/mol. The Morgan fingerprint density at radius 2 is 1.94 bits per heavy atom. The molecule has 2 aromatic carbocycles. The normalized spacial score (nSPS) is 10.1. The van der Waals surface area contributed by atoms with E-state index in [0.717, 1.165) is 5.56 Å². The number of nitrogen functional groups attached to an aromatic ring is 1. The van der Waals surface area contributed by atoms with Crippen LogP contribution in [-0.2, 0) is 0 Å². The van der Waals surface area contributed by atoms with Gasteiger partial charge in [-0.3, -0.25) is 4.79 Å². The third kappa shape index (κ3) is 2.63. The molecule has 0 aliphatic rings. The van der Waals surface area contributed by atoms with Crippen LogP contribution in [0.3, 0.4) is 0 Å². The third-order valence-electron chi connectivity index (χ3n) is 2.56. The summed E-state index contributed by atoms with van der Waals surface area (Å²) in [6.07, 6.45) is 0. The number of rotatable bonds is 2. The average molecular weight is 261 g/mol. The van der Waals surface area contributed by atoms with Crippen molar-refractivity contribution in [3.05, 3.63) is 58.6 Å². The Labute approximate surface area is 111 Å². The lowest BCUT2D eigenvalue weighted by atomic mass is 10.1. The molecule has 2 rings (SSSR count). The van der Waals surface area contributed by atoms with Crippen molar-refractivity contribution in [1.82, 2.24) is 0 Å². The number of para-hydroxylation sites is 1. The molecule has 3 N–H and O–H groups in total. The van der Waals surface area contributed by atoms with Crippen molar-refractivity contribution in [1.29, 1.82) is 0 Å². The minimum Gasteiger partial charge on any atom is -0.397 e. The van der Waals surface area contributed by atoms with Crippen LogP contribution in [0.2, 0.25) is 5.02 Å². The lowest BCUT2D eigenvalue weighted by Gasteiger charge is -2.10. The topological polar surface area (TPSA) is 55.1 Å². The van der Waals surface area contributed by atoms with Crippen LogP contribution in [0.1, 0.15) is 15.9 Å². The van der Waals surface area contributed by atoms with E-state index >= 15 is 0 Å². The molecule has 0 bridgehead atoms. The maximum absolute atomic E-state index is 12.0. The lowest BCUT2D eigenvalue weighted by molar-refractivity contribution is 0.102. The first kappa shape index (κ1) is 12.5. The van der Waals surface area contributed by atoms with E-state index in [1.54, 1.807) is 24.3 Å². The fourth-order valence-electron chi connectivity index (χ4n) is 1.64. The molecular formula is C14H13ClN2O. The Morgan fingerprint density at radius 1 is 1.22 bits per heavy atom. The SMILES string of the molecule is Cc1cccc(C(=O)Nc2c(N)cccc2Cl)c1. The molecule has 2 aromatic rings. The molecule has 4 heteroatoms. The number of hydrogen-bond donors (Lipinski definition) is 2. The molecule has 0 fully saturated rings. The van der Waals surface area contributed by atoms with Gasteiger partial charge in [-0.05, 0) is 31.2 Å². The van der Waals surface area contributed by atoms with Crippen molar-refractivity contribution in [3.8, 4) is 0 Å². The number of aryl methyl sites for hydroxylation is 1. The zero-order valence-electron chi connectivity index (χ0n) is 9.91. The van der Waals surface area contributed by atoms with Crippen LogP contribution in [0.25, 0.3) is 0 Å². The Bertz CT molecular complexity index is 576. The summed E-state index contributed by atoms with van der Waals surface area (Å²) in [6, 6.07) is 12.4. The number of hydrogen-bond acceptors (Lipinski definition) is 2. The molecule has 0 radical (unpaired) electrons. The van der Waals surface area contributed by atoms with E-state index in [2.05, 4.69) is 5.32 Å². The first-order valence-electron chi connectivity index (χ1n) is 5.50. The molecule has 1 amide bonds. The molecule has 92 valence electrons. The molecule has 0 spiro atoms. The number of nitrogens with one attached hydrogen (secondary N) is 1. The summed E-state index contributed by atoms with van der Waals surface area (Å²) in [6.45, 7) is 1.93. The summed E-state index contributed by atoms with van der Waals surface area (Å²) >= 11 is 6.00. The number of carbonyl (C=O) groups excluding carboxylic acids is 1. The number of amides is 1. The number of anilines is 2. The maximum atomic E-state index is 12.0. The van der Waals surface area contributed by atoms with Crippen molar-refractivity contribution < 1.29 is 4.79 Å². The monoisotopic (exact) mass is 260 g/mol. The highest BCUT2D eigenvalue weighted by Crippen LogP contribution is 2.28. The fraction of sp³-hybridized carbons (Fsp3) is 0.0714. The molecule has 0 saturated heterocycles. The Morgan fingerprint density at radius 3 is 2.61 bits per heavy atom. The molecule has 0 unspecified atom stereocenters. The van der Waals surface area contributed by atoms with E-state index in [9.17, 15) is 4.79 Å². The molecule has 0 aliphatic carbocycles. The summed E-state index contributed by atoms with van der Waals surface area (Å²) in [5.41, 5.74) is 8.28. The van der Waals surface area contributed by atoms with Gasteiger partial charge in [0.25, 0.3) is 5.91 Å². The highest BCUT2D eigenvalue weighted by molar-refractivity contribution is 6.34. The molecule has 0 aliphatic heterocycles. The van der Waals surface area contributed by atoms with Crippen molar-refractivity contribution >= 4 is 28.9 Å². The van der Waals surface area contributed by atoms with Crippen LogP contribution in [0.5, 0.6) is 0 Å². The summed E-state index contributed by atoms with van der Waals surface area (Å²) in [7, 11) is 0. The van der Waals surface area contributed by atoms with Crippen molar-refractivity contribution in [2.24, 2.45) is 0 Å². The van der Waals surface area contributed by atoms with Gasteiger partial charge in [0, 0.05) is 5.56 Å². The van der Waals surface area contributed by atoms with Gasteiger partial charge < -0.3 is 11.1 Å². The second-order valence-corrected chi connectivity index (χ2v) is 4.43. The van der Waals surface area contributed by atoms with E-state index in [4.69, 9.17) is 17.3 Å². The number of halogens is 1. The minimum absolute atomic E-state index is 0.224. The van der Waals surface area contributed by atoms with Crippen LogP contribution in [0.4, 0.5) is 11.4 Å². The smallest absolute Gasteiger partial charge is 0.255 e. The highest BCUT2D eigenvalue weighted by Gasteiger charge is 2.10. The van der Waals surface area contributed by atoms with Crippen molar-refractivity contribution in [2.75, 3.05) is 11.1 Å². The van der Waals surface area contributed by atoms with E-state index in [1.165, 1.54) is 0 Å². The van der Waals surface area contributed by atoms with Crippen LogP contribution in [0.15, 0.2) is 42.5 Å². The van der Waals surface area contributed by atoms with Gasteiger partial charge in [-0.2, -0.15) is 0 Å². The largest absolute Gasteiger partial charge is 0.397 e. The number of nitrogens with two attached hydrogens (primary N) is 1. The Balaban J connectivity index is 2.27. The van der Waals surface area contributed by atoms with E-state index in [-0.39, 0.29) is 5.91 Å². The first-order chi connectivity index (χ1) is 8.58. The lowest BCUT2D eigenvalue weighted by Crippen LogP contribution is -2.13. The quantitative estimate of drug-likeness (QED) is 0.812. The molecule has 0 atom stereocenters. The zero-order valence-corrected chi connectivity index (χ0v) is 10.7. The van der Waals surface area contributed by atoms with Crippen LogP contribution < -0.4 is 11.1 Å². The molecule has 18 heavy (non-hydrogen) atoms. The van der Waals surface area contributed by atoms with Gasteiger partial charge in [0.2, 0.25) is 0 Å². The summed E-state index contributed by atoms with van der Waals surface area (Å²) in [4.78, 5) is 12.0. The Kier molecular flexibility index (Phi) is 3.53. The minimum atomic E-state index is -0.224. The summed E-state index contributed by atoms with van der Waals surface area (Å²) in [5, 5.41) is 3.15. The van der Waals surface area contributed by atoms with E-state index < -0.39 is 0 Å². The van der Waals surface area contributed by atoms with E-state index in [0.29, 0.717) is 22.0 Å². The molecule has 3 nitrogen and oxygen atoms in total. The Hall–Kier alpha value is -2.00. The maximum Gasteiger partial charge on any atom is 0.255 e. The third-order valence-corrected chi connectivity index (χ3v) is 2.88. The highest BCUT2D eigenvalue weighted by atomic mass is 35.5. The van der Waals surface area contributed by atoms with Crippen LogP contribution in [-0.4, -0.2) is 5.91 Å². The van der Waals surface area contributed by atoms with Gasteiger partial charge in [0.1, 0.15) is 0 Å². The van der Waals surface area contributed by atoms with Gasteiger partial charge in [-0.25, -0.2) is 0 Å². The average Bonchev–Trinajstić information content (AvgIpc) is 2.34. The predicted octanol–water partition coefficient (Wildman–Crippen LogP) is 3.48. The summed E-state index contributed by atoms with van der Waals surface area (Å²) < 4.78 is 0. The second-order valence-electron chi connectivity index (χ2n) is 4.03. The van der Waals surface area contributed by atoms with Gasteiger partial charge in [0.05, 0.1) is 16.4 Å². The molecule has 0 saturated carbocycles. The fourth-order valence-corrected chi connectivity index (χ4v) is 1.87. The van der Waals surface area contributed by atoms with Gasteiger partial charge in [-0.15, -0.1) is 0 Å². The second kappa shape index (κ2) is 5.10. The van der Waals surface area contributed by atoms with Crippen LogP contribution >= 0.6 is 11.6 Å². The van der Waals surface area contributed by atoms with E-state index in [1.807, 2.05) is 25.1 Å². The number of benzene rings is 2. The zero-order chi connectivity index (χ0) is 13.1. The summed E-state index contributed by atoms with van der Waals surface area (Å²) in [5.74, 6) is -0.224. The van der Waals surface area contributed by atoms with Gasteiger partial charge >= 0.3 is 0 Å². The van der Waals surface area contributed by atoms with Crippen LogP contribution in [0, 0.1) is 6.92 Å². The van der Waals surface area contributed by atoms with Gasteiger partial charge in [0.15, 0.2) is 0 Å². The standard InChI is InChI=1S/C14H13ClN2O/c1-9-4-2-5-10(8-9)14(18)17-13-11(15)6-3-7-12(13)16/h2-8H,16H2,1H3,(H,17,18). The molecule has 0 aromatic heterocycles. The first-order valence-corrected chi connectivity index (χ1v) is 5.88. The number of carbonyl (C=O) groups is 1. The predicted molar refractivity (Wildman–Crippen MR) is 75.0 cm³/mol. The van der Waals surface area contributed by atoms with Crippen molar-refractivity contribution in [2.45, 2.75) is 6.92 Å². The van der Waals surface area contributed by atoms with Gasteiger partial charge in [-0.1, -0.05) is 35.4 Å².